The van der Waals surface area contributed by atoms with Crippen molar-refractivity contribution in [3.05, 3.63) is 53.0 Å². The van der Waals surface area contributed by atoms with Crippen molar-refractivity contribution in [2.45, 2.75) is 20.3 Å². The Kier molecular flexibility index (Phi) is 3.38. The first-order valence-electron chi connectivity index (χ1n) is 5.62. The molecule has 2 aromatic rings. The first-order valence-corrected chi connectivity index (χ1v) is 5.62. The molecule has 0 N–H and O–H groups in total. The maximum absolute atomic E-state index is 5.10. The summed E-state index contributed by atoms with van der Waals surface area (Å²) in [6, 6.07) is 9.92. The van der Waals surface area contributed by atoms with Gasteiger partial charge in [-0.1, -0.05) is 12.1 Å². The Bertz CT molecular complexity index is 523. The van der Waals surface area contributed by atoms with E-state index in [2.05, 4.69) is 23.0 Å². The Morgan fingerprint density at radius 3 is 2.47 bits per heavy atom. The number of aryl methyl sites for hydroxylation is 2. The van der Waals surface area contributed by atoms with Gasteiger partial charge in [0.2, 0.25) is 5.88 Å². The van der Waals surface area contributed by atoms with Crippen molar-refractivity contribution in [3.63, 3.8) is 0 Å². The quantitative estimate of drug-likeness (QED) is 0.810. The highest BCUT2D eigenvalue weighted by molar-refractivity contribution is 5.24. The zero-order valence-electron chi connectivity index (χ0n) is 10.4. The van der Waals surface area contributed by atoms with Crippen molar-refractivity contribution >= 4 is 0 Å². The minimum absolute atomic E-state index is 0.645. The average molecular weight is 228 g/mol. The first-order chi connectivity index (χ1) is 8.19. The van der Waals surface area contributed by atoms with Crippen LogP contribution in [0.2, 0.25) is 0 Å². The Hall–Kier alpha value is -1.90. The monoisotopic (exact) mass is 228 g/mol. The number of nitrogens with zero attached hydrogens (tertiary/aromatic N) is 2. The van der Waals surface area contributed by atoms with Gasteiger partial charge in [0.25, 0.3) is 0 Å². The van der Waals surface area contributed by atoms with E-state index in [0.29, 0.717) is 5.88 Å². The van der Waals surface area contributed by atoms with Crippen LogP contribution in [0.3, 0.4) is 0 Å². The second kappa shape index (κ2) is 4.95. The molecule has 0 bridgehead atoms. The highest BCUT2D eigenvalue weighted by Crippen LogP contribution is 2.12. The molecule has 0 atom stereocenters. The maximum atomic E-state index is 5.10. The van der Waals surface area contributed by atoms with E-state index in [1.54, 1.807) is 7.11 Å². The van der Waals surface area contributed by atoms with E-state index in [1.165, 1.54) is 5.56 Å². The van der Waals surface area contributed by atoms with E-state index in [1.807, 2.05) is 31.2 Å². The molecule has 88 valence electrons. The number of ether oxygens (including phenoxy) is 1. The molecular weight excluding hydrogens is 212 g/mol. The Balaban J connectivity index is 2.22. The molecule has 0 saturated carbocycles. The summed E-state index contributed by atoms with van der Waals surface area (Å²) < 4.78 is 5.10. The molecule has 2 heterocycles. The van der Waals surface area contributed by atoms with Crippen LogP contribution in [-0.2, 0) is 6.42 Å². The van der Waals surface area contributed by atoms with Gasteiger partial charge < -0.3 is 4.74 Å². The lowest BCUT2D eigenvalue weighted by atomic mass is 10.1. The molecule has 0 radical (unpaired) electrons. The molecule has 0 amide bonds. The molecule has 17 heavy (non-hydrogen) atoms. The van der Waals surface area contributed by atoms with Gasteiger partial charge in [-0.3, -0.25) is 4.98 Å². The van der Waals surface area contributed by atoms with Crippen LogP contribution in [0.25, 0.3) is 0 Å². The van der Waals surface area contributed by atoms with Crippen LogP contribution >= 0.6 is 0 Å². The molecule has 0 aromatic carbocycles. The molecule has 0 aliphatic rings. The molecule has 0 aliphatic carbocycles. The highest BCUT2D eigenvalue weighted by Gasteiger charge is 2.02. The third-order valence-corrected chi connectivity index (χ3v) is 2.76. The highest BCUT2D eigenvalue weighted by atomic mass is 16.5. The minimum atomic E-state index is 0.645. The lowest BCUT2D eigenvalue weighted by Crippen LogP contribution is -1.98. The zero-order valence-corrected chi connectivity index (χ0v) is 10.4. The molecule has 0 unspecified atom stereocenters. The Labute approximate surface area is 102 Å². The zero-order chi connectivity index (χ0) is 12.3. The van der Waals surface area contributed by atoms with E-state index in [9.17, 15) is 0 Å². The van der Waals surface area contributed by atoms with Gasteiger partial charge >= 0.3 is 0 Å². The SMILES string of the molecule is COc1cccc(Cc2ccc(C)c(C)n2)n1. The summed E-state index contributed by atoms with van der Waals surface area (Å²) >= 11 is 0. The van der Waals surface area contributed by atoms with Crippen molar-refractivity contribution in [1.82, 2.24) is 9.97 Å². The Morgan fingerprint density at radius 1 is 1.00 bits per heavy atom. The second-order valence-corrected chi connectivity index (χ2v) is 4.05. The molecule has 0 aliphatic heterocycles. The van der Waals surface area contributed by atoms with E-state index >= 15 is 0 Å². The van der Waals surface area contributed by atoms with Crippen molar-refractivity contribution in [2.24, 2.45) is 0 Å². The molecule has 0 fully saturated rings. The summed E-state index contributed by atoms with van der Waals surface area (Å²) in [6.45, 7) is 4.09. The largest absolute Gasteiger partial charge is 0.481 e. The van der Waals surface area contributed by atoms with Gasteiger partial charge in [-0.15, -0.1) is 0 Å². The summed E-state index contributed by atoms with van der Waals surface area (Å²) in [7, 11) is 1.63. The number of hydrogen-bond donors (Lipinski definition) is 0. The van der Waals surface area contributed by atoms with E-state index < -0.39 is 0 Å². The van der Waals surface area contributed by atoms with Crippen LogP contribution in [0, 0.1) is 13.8 Å². The minimum Gasteiger partial charge on any atom is -0.481 e. The molecular formula is C14H16N2O. The smallest absolute Gasteiger partial charge is 0.213 e. The van der Waals surface area contributed by atoms with Gasteiger partial charge in [0.1, 0.15) is 0 Å². The number of methoxy groups -OCH3 is 1. The Morgan fingerprint density at radius 2 is 1.76 bits per heavy atom. The van der Waals surface area contributed by atoms with Crippen molar-refractivity contribution in [2.75, 3.05) is 7.11 Å². The maximum Gasteiger partial charge on any atom is 0.213 e. The lowest BCUT2D eigenvalue weighted by Gasteiger charge is -2.05. The van der Waals surface area contributed by atoms with Crippen LogP contribution in [0.5, 0.6) is 5.88 Å². The summed E-state index contributed by atoms with van der Waals surface area (Å²) in [6.07, 6.45) is 0.734. The van der Waals surface area contributed by atoms with Gasteiger partial charge in [-0.2, -0.15) is 0 Å². The van der Waals surface area contributed by atoms with Gasteiger partial charge in [0, 0.05) is 23.9 Å². The summed E-state index contributed by atoms with van der Waals surface area (Å²) in [5.41, 5.74) is 4.30. The summed E-state index contributed by atoms with van der Waals surface area (Å²) in [4.78, 5) is 8.92. The first kappa shape index (κ1) is 11.6. The van der Waals surface area contributed by atoms with Crippen molar-refractivity contribution in [1.29, 1.82) is 0 Å². The summed E-state index contributed by atoms with van der Waals surface area (Å²) in [5, 5.41) is 0. The van der Waals surface area contributed by atoms with E-state index in [-0.39, 0.29) is 0 Å². The van der Waals surface area contributed by atoms with Crippen LogP contribution in [0.15, 0.2) is 30.3 Å². The predicted octanol–water partition coefficient (Wildman–Crippen LogP) is 2.69. The van der Waals surface area contributed by atoms with Crippen LogP contribution in [0.1, 0.15) is 22.6 Å². The molecule has 2 aromatic heterocycles. The molecule has 0 saturated heterocycles. The number of rotatable bonds is 3. The van der Waals surface area contributed by atoms with Crippen molar-refractivity contribution < 1.29 is 4.74 Å². The third kappa shape index (κ3) is 2.81. The van der Waals surface area contributed by atoms with Gasteiger partial charge in [-0.25, -0.2) is 4.98 Å². The molecule has 0 spiro atoms. The second-order valence-electron chi connectivity index (χ2n) is 4.05. The normalized spacial score (nSPS) is 10.3. The topological polar surface area (TPSA) is 35.0 Å². The number of pyridine rings is 2. The third-order valence-electron chi connectivity index (χ3n) is 2.76. The fourth-order valence-corrected chi connectivity index (χ4v) is 1.64. The van der Waals surface area contributed by atoms with E-state index in [4.69, 9.17) is 4.74 Å². The van der Waals surface area contributed by atoms with Crippen molar-refractivity contribution in [3.8, 4) is 5.88 Å². The van der Waals surface area contributed by atoms with Gasteiger partial charge in [0.15, 0.2) is 0 Å². The average Bonchev–Trinajstić information content (AvgIpc) is 2.34. The van der Waals surface area contributed by atoms with E-state index in [0.717, 1.165) is 23.5 Å². The fraction of sp³-hybridized carbons (Fsp3) is 0.286. The molecule has 3 heteroatoms. The number of aromatic nitrogens is 2. The lowest BCUT2D eigenvalue weighted by molar-refractivity contribution is 0.396. The van der Waals surface area contributed by atoms with Crippen LogP contribution in [0.4, 0.5) is 0 Å². The van der Waals surface area contributed by atoms with Gasteiger partial charge in [-0.05, 0) is 31.5 Å². The van der Waals surface area contributed by atoms with Crippen LogP contribution in [-0.4, -0.2) is 17.1 Å². The number of hydrogen-bond acceptors (Lipinski definition) is 3. The van der Waals surface area contributed by atoms with Crippen LogP contribution < -0.4 is 4.74 Å². The molecule has 3 nitrogen and oxygen atoms in total. The summed E-state index contributed by atoms with van der Waals surface area (Å²) in [5.74, 6) is 0.645. The van der Waals surface area contributed by atoms with Gasteiger partial charge in [0.05, 0.1) is 12.8 Å². The molecule has 2 rings (SSSR count). The fourth-order valence-electron chi connectivity index (χ4n) is 1.64. The standard InChI is InChI=1S/C14H16N2O/c1-10-7-8-13(15-11(10)2)9-12-5-4-6-14(16-12)17-3/h4-8H,9H2,1-3H3. The predicted molar refractivity (Wildman–Crippen MR) is 67.3 cm³/mol.